The van der Waals surface area contributed by atoms with E-state index in [-0.39, 0.29) is 11.9 Å². The average molecular weight is 483 g/mol. The van der Waals surface area contributed by atoms with Crippen molar-refractivity contribution in [3.05, 3.63) is 77.6 Å². The summed E-state index contributed by atoms with van der Waals surface area (Å²) in [6.07, 6.45) is 3.77. The number of carbonyl (C=O) groups excluding carboxylic acids is 1. The fourth-order valence-electron chi connectivity index (χ4n) is 4.95. The number of amides is 1. The Morgan fingerprint density at radius 2 is 1.92 bits per heavy atom. The molecule has 0 bridgehead atoms. The molecule has 0 radical (unpaired) electrons. The zero-order valence-corrected chi connectivity index (χ0v) is 21.7. The van der Waals surface area contributed by atoms with Gasteiger partial charge in [-0.3, -0.25) is 9.48 Å². The van der Waals surface area contributed by atoms with Crippen molar-refractivity contribution in [2.75, 3.05) is 31.6 Å². The van der Waals surface area contributed by atoms with E-state index >= 15 is 0 Å². The monoisotopic (exact) mass is 482 g/mol. The quantitative estimate of drug-likeness (QED) is 0.451. The molecule has 1 aliphatic rings. The molecule has 186 valence electrons. The number of nitrogens with zero attached hydrogens (tertiary/aromatic N) is 5. The molecule has 0 unspecified atom stereocenters. The Morgan fingerprint density at radius 1 is 1.11 bits per heavy atom. The van der Waals surface area contributed by atoms with Crippen LogP contribution in [0.25, 0.3) is 22.2 Å². The van der Waals surface area contributed by atoms with Crippen molar-refractivity contribution in [2.24, 2.45) is 7.05 Å². The van der Waals surface area contributed by atoms with Crippen molar-refractivity contribution in [1.82, 2.24) is 25.0 Å². The summed E-state index contributed by atoms with van der Waals surface area (Å²) in [5.74, 6) is -0.0622. The van der Waals surface area contributed by atoms with Crippen LogP contribution >= 0.6 is 0 Å². The first-order chi connectivity index (χ1) is 17.3. The second-order valence-corrected chi connectivity index (χ2v) is 9.99. The van der Waals surface area contributed by atoms with Gasteiger partial charge in [0.25, 0.3) is 5.91 Å². The minimum absolute atomic E-state index is 0.0622. The van der Waals surface area contributed by atoms with Gasteiger partial charge >= 0.3 is 0 Å². The lowest BCUT2D eigenvalue weighted by Gasteiger charge is -2.39. The van der Waals surface area contributed by atoms with Crippen molar-refractivity contribution < 1.29 is 4.79 Å². The first-order valence-corrected chi connectivity index (χ1v) is 12.6. The van der Waals surface area contributed by atoms with Gasteiger partial charge in [-0.2, -0.15) is 5.10 Å². The Balaban J connectivity index is 1.43. The lowest BCUT2D eigenvalue weighted by molar-refractivity contribution is 0.0939. The topological polar surface area (TPSA) is 66.3 Å². The summed E-state index contributed by atoms with van der Waals surface area (Å²) in [4.78, 5) is 23.1. The summed E-state index contributed by atoms with van der Waals surface area (Å²) in [6, 6.07) is 16.6. The number of rotatable bonds is 5. The molecular weight excluding hydrogens is 448 g/mol. The number of benzene rings is 2. The second-order valence-electron chi connectivity index (χ2n) is 9.99. The van der Waals surface area contributed by atoms with Crippen molar-refractivity contribution in [2.45, 2.75) is 32.9 Å². The van der Waals surface area contributed by atoms with E-state index in [0.717, 1.165) is 64.2 Å². The van der Waals surface area contributed by atoms with Gasteiger partial charge in [0.1, 0.15) is 0 Å². The fourth-order valence-corrected chi connectivity index (χ4v) is 4.95. The van der Waals surface area contributed by atoms with Crippen LogP contribution in [0.3, 0.4) is 0 Å². The van der Waals surface area contributed by atoms with Crippen molar-refractivity contribution in [3.8, 4) is 11.3 Å². The van der Waals surface area contributed by atoms with E-state index in [2.05, 4.69) is 58.5 Å². The Kier molecular flexibility index (Phi) is 6.49. The lowest BCUT2D eigenvalue weighted by Crippen LogP contribution is -2.50. The highest BCUT2D eigenvalue weighted by atomic mass is 16.1. The van der Waals surface area contributed by atoms with Crippen molar-refractivity contribution in [1.29, 1.82) is 0 Å². The molecule has 2 aromatic carbocycles. The molecule has 4 aromatic rings. The zero-order valence-electron chi connectivity index (χ0n) is 21.7. The highest BCUT2D eigenvalue weighted by Gasteiger charge is 2.23. The van der Waals surface area contributed by atoms with Gasteiger partial charge in [0.15, 0.2) is 0 Å². The number of piperazine rings is 1. The SMILES string of the molecule is Cc1ccc(N2CCN(C)[C@H](C)C2)cc1C(=O)N[C@H](C)c1cc(-c2cnn(C)c2)nc2ccccc12. The molecule has 1 saturated heterocycles. The molecule has 0 aliphatic carbocycles. The first-order valence-electron chi connectivity index (χ1n) is 12.6. The number of hydrogen-bond donors (Lipinski definition) is 1. The normalized spacial score (nSPS) is 17.4. The Bertz CT molecular complexity index is 1410. The Hall–Kier alpha value is -3.71. The highest BCUT2D eigenvalue weighted by Crippen LogP contribution is 2.29. The van der Waals surface area contributed by atoms with Gasteiger partial charge in [-0.1, -0.05) is 24.3 Å². The number of nitrogens with one attached hydrogen (secondary N) is 1. The molecule has 1 aliphatic heterocycles. The van der Waals surface area contributed by atoms with Crippen LogP contribution in [0, 0.1) is 6.92 Å². The summed E-state index contributed by atoms with van der Waals surface area (Å²) in [5.41, 5.74) is 6.53. The van der Waals surface area contributed by atoms with Gasteiger partial charge < -0.3 is 15.1 Å². The summed E-state index contributed by atoms with van der Waals surface area (Å²) < 4.78 is 1.77. The number of fused-ring (bicyclic) bond motifs is 1. The van der Waals surface area contributed by atoms with E-state index in [0.29, 0.717) is 6.04 Å². The number of aromatic nitrogens is 3. The number of pyridine rings is 1. The predicted octanol–water partition coefficient (Wildman–Crippen LogP) is 4.58. The lowest BCUT2D eigenvalue weighted by atomic mass is 9.99. The molecule has 36 heavy (non-hydrogen) atoms. The van der Waals surface area contributed by atoms with E-state index in [4.69, 9.17) is 4.98 Å². The van der Waals surface area contributed by atoms with Gasteiger partial charge in [0.05, 0.1) is 23.4 Å². The first kappa shape index (κ1) is 24.0. The number of hydrogen-bond acceptors (Lipinski definition) is 5. The third-order valence-electron chi connectivity index (χ3n) is 7.35. The predicted molar refractivity (Wildman–Crippen MR) is 145 cm³/mol. The molecular formula is C29H34N6O. The van der Waals surface area contributed by atoms with Gasteiger partial charge in [-0.25, -0.2) is 4.98 Å². The van der Waals surface area contributed by atoms with Crippen LogP contribution in [0.15, 0.2) is 60.9 Å². The van der Waals surface area contributed by atoms with E-state index < -0.39 is 0 Å². The van der Waals surface area contributed by atoms with E-state index in [9.17, 15) is 4.79 Å². The number of anilines is 1. The summed E-state index contributed by atoms with van der Waals surface area (Å²) in [5, 5.41) is 8.60. The average Bonchev–Trinajstić information content (AvgIpc) is 3.31. The standard InChI is InChI=1S/C29H34N6O/c1-19-10-11-23(35-13-12-33(4)20(2)17-35)14-25(19)29(36)31-21(3)26-15-28(22-16-30-34(5)18-22)32-27-9-7-6-8-24(26)27/h6-11,14-16,18,20-21H,12-13,17H2,1-5H3,(H,31,36)/t20-,21-/m1/s1. The number of likely N-dealkylation sites (N-methyl/N-ethyl adjacent to an activating group) is 1. The van der Waals surface area contributed by atoms with Gasteiger partial charge in [-0.15, -0.1) is 0 Å². The number of para-hydroxylation sites is 1. The van der Waals surface area contributed by atoms with E-state index in [1.165, 1.54) is 0 Å². The molecule has 2 atom stereocenters. The number of carbonyl (C=O) groups is 1. The van der Waals surface area contributed by atoms with Crippen LogP contribution in [0.2, 0.25) is 0 Å². The van der Waals surface area contributed by atoms with E-state index in [1.807, 2.05) is 57.6 Å². The van der Waals surface area contributed by atoms with Gasteiger partial charge in [-0.05, 0) is 63.2 Å². The molecule has 5 rings (SSSR count). The zero-order chi connectivity index (χ0) is 25.4. The molecule has 2 aromatic heterocycles. The molecule has 7 heteroatoms. The Labute approximate surface area is 212 Å². The highest BCUT2D eigenvalue weighted by molar-refractivity contribution is 5.97. The van der Waals surface area contributed by atoms with Gasteiger partial charge in [0, 0.05) is 61.1 Å². The van der Waals surface area contributed by atoms with E-state index in [1.54, 1.807) is 4.68 Å². The molecule has 3 heterocycles. The maximum Gasteiger partial charge on any atom is 0.252 e. The minimum Gasteiger partial charge on any atom is -0.369 e. The third kappa shape index (κ3) is 4.71. The summed E-state index contributed by atoms with van der Waals surface area (Å²) >= 11 is 0. The van der Waals surface area contributed by atoms with Crippen LogP contribution < -0.4 is 10.2 Å². The van der Waals surface area contributed by atoms with Crippen LogP contribution in [0.5, 0.6) is 0 Å². The molecule has 1 fully saturated rings. The third-order valence-corrected chi connectivity index (χ3v) is 7.35. The Morgan fingerprint density at radius 3 is 2.67 bits per heavy atom. The minimum atomic E-state index is -0.201. The maximum atomic E-state index is 13.5. The van der Waals surface area contributed by atoms with Crippen LogP contribution in [0.4, 0.5) is 5.69 Å². The van der Waals surface area contributed by atoms with Crippen LogP contribution in [-0.2, 0) is 7.05 Å². The smallest absolute Gasteiger partial charge is 0.252 e. The molecule has 7 nitrogen and oxygen atoms in total. The number of aryl methyl sites for hydroxylation is 2. The summed E-state index contributed by atoms with van der Waals surface area (Å²) in [6.45, 7) is 9.21. The molecule has 0 spiro atoms. The summed E-state index contributed by atoms with van der Waals surface area (Å²) in [7, 11) is 4.06. The van der Waals surface area contributed by atoms with Crippen molar-refractivity contribution in [3.63, 3.8) is 0 Å². The largest absolute Gasteiger partial charge is 0.369 e. The van der Waals surface area contributed by atoms with Gasteiger partial charge in [0.2, 0.25) is 0 Å². The second kappa shape index (κ2) is 9.74. The fraction of sp³-hybridized carbons (Fsp3) is 0.345. The maximum absolute atomic E-state index is 13.5. The van der Waals surface area contributed by atoms with Crippen LogP contribution in [0.1, 0.15) is 41.4 Å². The van der Waals surface area contributed by atoms with Crippen LogP contribution in [-0.4, -0.2) is 58.3 Å². The van der Waals surface area contributed by atoms with Crippen molar-refractivity contribution >= 4 is 22.5 Å². The molecule has 0 saturated carbocycles. The molecule has 1 N–H and O–H groups in total. The molecule has 1 amide bonds.